The molecular formula is C22H20F3N7O2. The molecule has 1 fully saturated rings. The summed E-state index contributed by atoms with van der Waals surface area (Å²) in [5.74, 6) is -0.373. The minimum Gasteiger partial charge on any atom is -0.370 e. The second kappa shape index (κ2) is 8.52. The van der Waals surface area contributed by atoms with Crippen LogP contribution in [0.1, 0.15) is 36.3 Å². The molecule has 1 N–H and O–H groups in total. The topological polar surface area (TPSA) is 97.5 Å². The van der Waals surface area contributed by atoms with E-state index in [1.165, 1.54) is 23.0 Å². The Labute approximate surface area is 191 Å². The summed E-state index contributed by atoms with van der Waals surface area (Å²) in [6.07, 6.45) is -1.61. The number of benzene rings is 1. The summed E-state index contributed by atoms with van der Waals surface area (Å²) >= 11 is 0. The highest BCUT2D eigenvalue weighted by Crippen LogP contribution is 2.33. The third-order valence-corrected chi connectivity index (χ3v) is 5.68. The van der Waals surface area contributed by atoms with Gasteiger partial charge in [0.05, 0.1) is 29.3 Å². The molecule has 3 aromatic heterocycles. The van der Waals surface area contributed by atoms with Gasteiger partial charge < -0.3 is 15.0 Å². The standard InChI is InChI=1S/C22H20F3N7O2/c1-11(13-4-3-5-14(18(13)23)19(24)25)28-20-15-8-16(31-6-7-34-9-17(31)33)22-29-12(2)30-32(22)21(15)27-10-26-20/h3-5,8,10-11,19H,6-7,9H2,1-2H3,(H,26,27,28)/t11-/m1/s1. The van der Waals surface area contributed by atoms with Gasteiger partial charge >= 0.3 is 0 Å². The fourth-order valence-corrected chi connectivity index (χ4v) is 4.06. The molecule has 4 heterocycles. The van der Waals surface area contributed by atoms with Gasteiger partial charge in [0.1, 0.15) is 30.4 Å². The molecular weight excluding hydrogens is 451 g/mol. The van der Waals surface area contributed by atoms with Gasteiger partial charge in [-0.2, -0.15) is 4.52 Å². The highest BCUT2D eigenvalue weighted by Gasteiger charge is 2.26. The molecule has 4 aromatic rings. The molecule has 176 valence electrons. The van der Waals surface area contributed by atoms with E-state index in [0.29, 0.717) is 47.2 Å². The van der Waals surface area contributed by atoms with Crippen molar-refractivity contribution < 1.29 is 22.7 Å². The number of aryl methyl sites for hydroxylation is 1. The van der Waals surface area contributed by atoms with Crippen molar-refractivity contribution in [1.82, 2.24) is 24.6 Å². The number of nitrogens with one attached hydrogen (secondary N) is 1. The van der Waals surface area contributed by atoms with Crippen molar-refractivity contribution in [1.29, 1.82) is 0 Å². The Morgan fingerprint density at radius 1 is 1.18 bits per heavy atom. The number of anilines is 2. The molecule has 1 aliphatic rings. The van der Waals surface area contributed by atoms with Gasteiger partial charge in [-0.1, -0.05) is 18.2 Å². The van der Waals surface area contributed by atoms with Crippen molar-refractivity contribution in [3.8, 4) is 0 Å². The van der Waals surface area contributed by atoms with Gasteiger partial charge in [-0.3, -0.25) is 4.79 Å². The normalized spacial score (nSPS) is 15.5. The first kappa shape index (κ1) is 22.0. The number of nitrogens with zero attached hydrogens (tertiary/aromatic N) is 6. The van der Waals surface area contributed by atoms with E-state index in [0.717, 1.165) is 6.07 Å². The Hall–Kier alpha value is -3.80. The minimum absolute atomic E-state index is 0.0511. The SMILES string of the molecule is Cc1nc2c(N3CCOCC3=O)cc3c(N[C@H](C)c4cccc(C(F)F)c4F)ncnc3n2n1. The first-order valence-electron chi connectivity index (χ1n) is 10.6. The Bertz CT molecular complexity index is 1410. The van der Waals surface area contributed by atoms with Crippen molar-refractivity contribution >= 4 is 34.1 Å². The maximum atomic E-state index is 14.7. The van der Waals surface area contributed by atoms with Gasteiger partial charge in [0.15, 0.2) is 11.3 Å². The molecule has 1 aliphatic heterocycles. The van der Waals surface area contributed by atoms with Gasteiger partial charge in [0, 0.05) is 12.1 Å². The lowest BCUT2D eigenvalue weighted by Crippen LogP contribution is -2.42. The third-order valence-electron chi connectivity index (χ3n) is 5.68. The number of carbonyl (C=O) groups is 1. The maximum Gasteiger partial charge on any atom is 0.266 e. The van der Waals surface area contributed by atoms with Gasteiger partial charge in [-0.15, -0.1) is 5.10 Å². The van der Waals surface area contributed by atoms with E-state index in [1.54, 1.807) is 24.8 Å². The lowest BCUT2D eigenvalue weighted by atomic mass is 10.0. The lowest BCUT2D eigenvalue weighted by Gasteiger charge is -2.27. The number of hydrogen-bond donors (Lipinski definition) is 1. The fraction of sp³-hybridized carbons (Fsp3) is 0.318. The number of halogens is 3. The fourth-order valence-electron chi connectivity index (χ4n) is 4.06. The molecule has 1 amide bonds. The highest BCUT2D eigenvalue weighted by atomic mass is 19.3. The van der Waals surface area contributed by atoms with Crippen LogP contribution < -0.4 is 10.2 Å². The lowest BCUT2D eigenvalue weighted by molar-refractivity contribution is -0.125. The smallest absolute Gasteiger partial charge is 0.266 e. The van der Waals surface area contributed by atoms with Gasteiger partial charge in [0.25, 0.3) is 12.3 Å². The molecule has 5 rings (SSSR count). The van der Waals surface area contributed by atoms with Crippen LogP contribution in [0.3, 0.4) is 0 Å². The summed E-state index contributed by atoms with van der Waals surface area (Å²) in [6.45, 7) is 4.03. The number of aromatic nitrogens is 5. The van der Waals surface area contributed by atoms with Crippen LogP contribution in [-0.4, -0.2) is 50.2 Å². The molecule has 1 atom stereocenters. The second-order valence-electron chi connectivity index (χ2n) is 7.90. The Kier molecular flexibility index (Phi) is 5.52. The highest BCUT2D eigenvalue weighted by molar-refractivity contribution is 6.02. The minimum atomic E-state index is -2.93. The summed E-state index contributed by atoms with van der Waals surface area (Å²) in [5.41, 5.74) is 0.801. The van der Waals surface area contributed by atoms with Crippen LogP contribution >= 0.6 is 0 Å². The Morgan fingerprint density at radius 3 is 2.74 bits per heavy atom. The van der Waals surface area contributed by atoms with Crippen molar-refractivity contribution in [2.45, 2.75) is 26.3 Å². The number of fused-ring (bicyclic) bond motifs is 3. The first-order valence-corrected chi connectivity index (χ1v) is 10.6. The number of pyridine rings is 1. The van der Waals surface area contributed by atoms with Crippen molar-refractivity contribution in [2.24, 2.45) is 0 Å². The van der Waals surface area contributed by atoms with E-state index in [-0.39, 0.29) is 18.1 Å². The largest absolute Gasteiger partial charge is 0.370 e. The Balaban J connectivity index is 1.63. The summed E-state index contributed by atoms with van der Waals surface area (Å²) in [6, 6.07) is 4.92. The number of hydrogen-bond acceptors (Lipinski definition) is 7. The first-order chi connectivity index (χ1) is 16.3. The van der Waals surface area contributed by atoms with Gasteiger partial charge in [0.2, 0.25) is 0 Å². The molecule has 0 bridgehead atoms. The molecule has 0 spiro atoms. The number of carbonyl (C=O) groups excluding carboxylic acids is 1. The average molecular weight is 471 g/mol. The maximum absolute atomic E-state index is 14.7. The zero-order valence-corrected chi connectivity index (χ0v) is 18.3. The molecule has 0 saturated carbocycles. The summed E-state index contributed by atoms with van der Waals surface area (Å²) < 4.78 is 47.8. The molecule has 0 radical (unpaired) electrons. The predicted molar refractivity (Wildman–Crippen MR) is 117 cm³/mol. The van der Waals surface area contributed by atoms with Gasteiger partial charge in [-0.25, -0.2) is 28.1 Å². The van der Waals surface area contributed by atoms with E-state index >= 15 is 0 Å². The molecule has 9 nitrogen and oxygen atoms in total. The van der Waals surface area contributed by atoms with E-state index in [2.05, 4.69) is 25.4 Å². The van der Waals surface area contributed by atoms with Crippen LogP contribution in [0.25, 0.3) is 16.7 Å². The monoisotopic (exact) mass is 471 g/mol. The van der Waals surface area contributed by atoms with E-state index in [9.17, 15) is 18.0 Å². The van der Waals surface area contributed by atoms with Crippen molar-refractivity contribution in [2.75, 3.05) is 30.0 Å². The van der Waals surface area contributed by atoms with Gasteiger partial charge in [-0.05, 0) is 19.9 Å². The van der Waals surface area contributed by atoms with Crippen LogP contribution in [0.15, 0.2) is 30.6 Å². The molecule has 0 aliphatic carbocycles. The summed E-state index contributed by atoms with van der Waals surface area (Å²) in [4.78, 5) is 27.2. The number of rotatable bonds is 5. The van der Waals surface area contributed by atoms with E-state index in [4.69, 9.17) is 4.74 Å². The summed E-state index contributed by atoms with van der Waals surface area (Å²) in [7, 11) is 0. The van der Waals surface area contributed by atoms with Crippen LogP contribution in [-0.2, 0) is 9.53 Å². The molecule has 1 saturated heterocycles. The zero-order valence-electron chi connectivity index (χ0n) is 18.3. The Morgan fingerprint density at radius 2 is 1.97 bits per heavy atom. The van der Waals surface area contributed by atoms with E-state index in [1.807, 2.05) is 0 Å². The number of amides is 1. The van der Waals surface area contributed by atoms with Crippen LogP contribution in [0.4, 0.5) is 24.7 Å². The molecule has 34 heavy (non-hydrogen) atoms. The number of ether oxygens (including phenoxy) is 1. The third kappa shape index (κ3) is 3.69. The zero-order chi connectivity index (χ0) is 24.0. The average Bonchev–Trinajstić information content (AvgIpc) is 3.21. The second-order valence-corrected chi connectivity index (χ2v) is 7.90. The number of alkyl halides is 2. The van der Waals surface area contributed by atoms with E-state index < -0.39 is 23.8 Å². The number of morpholine rings is 1. The van der Waals surface area contributed by atoms with Crippen LogP contribution in [0, 0.1) is 12.7 Å². The van der Waals surface area contributed by atoms with Crippen LogP contribution in [0.2, 0.25) is 0 Å². The van der Waals surface area contributed by atoms with Crippen molar-refractivity contribution in [3.05, 3.63) is 53.4 Å². The molecule has 1 aromatic carbocycles. The molecule has 0 unspecified atom stereocenters. The summed E-state index contributed by atoms with van der Waals surface area (Å²) in [5, 5.41) is 8.02. The molecule has 12 heteroatoms. The quantitative estimate of drug-likeness (QED) is 0.475. The van der Waals surface area contributed by atoms with Crippen molar-refractivity contribution in [3.63, 3.8) is 0 Å². The predicted octanol–water partition coefficient (Wildman–Crippen LogP) is 3.59. The van der Waals surface area contributed by atoms with Crippen LogP contribution in [0.5, 0.6) is 0 Å².